The lowest BCUT2D eigenvalue weighted by atomic mass is 9.88. The molecule has 0 bridgehead atoms. The number of piperidine rings is 2. The smallest absolute Gasteiger partial charge is 0.200 e. The molecule has 2 heterocycles. The average Bonchev–Trinajstić information content (AvgIpc) is 4.56. The Balaban J connectivity index is 0.000000248. The summed E-state index contributed by atoms with van der Waals surface area (Å²) < 4.78 is 53.7. The van der Waals surface area contributed by atoms with Crippen molar-refractivity contribution in [2.24, 2.45) is 34.5 Å². The van der Waals surface area contributed by atoms with E-state index in [4.69, 9.17) is 23.3 Å². The highest BCUT2D eigenvalue weighted by molar-refractivity contribution is 7.58. The number of nitrogens with zero attached hydrogens (tertiary/aromatic N) is 2. The Bertz CT molecular complexity index is 2610. The number of rotatable bonds is 26. The van der Waals surface area contributed by atoms with Crippen LogP contribution in [0.25, 0.3) is 0 Å². The molecule has 0 radical (unpaired) electrons. The van der Waals surface area contributed by atoms with Crippen LogP contribution in [-0.4, -0.2) is 103 Å². The van der Waals surface area contributed by atoms with Crippen LogP contribution in [-0.2, 0) is 31.0 Å². The highest BCUT2D eigenvalue weighted by Gasteiger charge is 2.38. The summed E-state index contributed by atoms with van der Waals surface area (Å²) >= 11 is 0. The van der Waals surface area contributed by atoms with E-state index in [1.54, 1.807) is 39.7 Å². The summed E-state index contributed by atoms with van der Waals surface area (Å²) in [6.07, 6.45) is 17.5. The van der Waals surface area contributed by atoms with E-state index in [0.717, 1.165) is 94.1 Å². The van der Waals surface area contributed by atoms with Crippen molar-refractivity contribution in [3.63, 3.8) is 0 Å². The van der Waals surface area contributed by atoms with Gasteiger partial charge in [0.2, 0.25) is 14.7 Å². The lowest BCUT2D eigenvalue weighted by Gasteiger charge is -2.35. The molecule has 2 saturated carbocycles. The molecule has 0 aromatic heterocycles. The van der Waals surface area contributed by atoms with Crippen LogP contribution in [0.3, 0.4) is 0 Å². The van der Waals surface area contributed by atoms with E-state index in [0.29, 0.717) is 66.6 Å². The summed E-state index contributed by atoms with van der Waals surface area (Å²) in [6, 6.07) is 28.9. The fraction of sp³-hybridized carbons (Fsp3) is 0.652. The maximum Gasteiger partial charge on any atom is 0.200 e. The minimum Gasteiger partial charge on any atom is -0.508 e. The van der Waals surface area contributed by atoms with Gasteiger partial charge >= 0.3 is 0 Å². The van der Waals surface area contributed by atoms with Crippen molar-refractivity contribution in [2.75, 3.05) is 102 Å². The first-order valence-electron chi connectivity index (χ1n) is 30.9. The molecule has 2 unspecified atom stereocenters. The quantitative estimate of drug-likeness (QED) is 0.0584. The van der Waals surface area contributed by atoms with Crippen molar-refractivity contribution in [3.8, 4) is 23.0 Å². The highest BCUT2D eigenvalue weighted by Crippen LogP contribution is 2.55. The summed E-state index contributed by atoms with van der Waals surface area (Å²) in [4.78, 5) is 5.02. The molecule has 2 aliphatic heterocycles. The number of hydrogen-bond donors (Lipinski definition) is 2. The molecule has 2 saturated heterocycles. The van der Waals surface area contributed by atoms with E-state index in [2.05, 4.69) is 112 Å². The third-order valence-electron chi connectivity index (χ3n) is 16.8. The average molecular weight is 1170 g/mol. The molecule has 4 aromatic carbocycles. The summed E-state index contributed by atoms with van der Waals surface area (Å²) in [5.74, 6) is 5.85. The highest BCUT2D eigenvalue weighted by atomic mass is 31.2. The van der Waals surface area contributed by atoms with E-state index in [1.807, 2.05) is 26.0 Å². The van der Waals surface area contributed by atoms with Gasteiger partial charge in [0.15, 0.2) is 0 Å². The molecular formula is C69H110N2O9P2. The van der Waals surface area contributed by atoms with Gasteiger partial charge in [0, 0.05) is 81.9 Å². The van der Waals surface area contributed by atoms with Gasteiger partial charge in [0.1, 0.15) is 23.0 Å². The second-order valence-electron chi connectivity index (χ2n) is 26.5. The van der Waals surface area contributed by atoms with Crippen LogP contribution in [0.15, 0.2) is 84.9 Å². The Hall–Kier alpha value is -3.98. The molecule has 4 aliphatic rings. The summed E-state index contributed by atoms with van der Waals surface area (Å²) in [5, 5.41) is 18.9. The van der Waals surface area contributed by atoms with E-state index in [1.165, 1.54) is 79.4 Å². The van der Waals surface area contributed by atoms with Crippen molar-refractivity contribution in [1.82, 2.24) is 0 Å². The minimum absolute atomic E-state index is 0. The lowest BCUT2D eigenvalue weighted by Crippen LogP contribution is -2.36. The monoisotopic (exact) mass is 1170 g/mol. The number of phenolic OH excluding ortho intramolecular Hbond substituents is 1. The molecule has 13 heteroatoms. The predicted octanol–water partition coefficient (Wildman–Crippen LogP) is 17.5. The number of aryl methyl sites for hydroxylation is 2. The Morgan fingerprint density at radius 1 is 0.573 bits per heavy atom. The van der Waals surface area contributed by atoms with Crippen molar-refractivity contribution in [3.05, 3.63) is 107 Å². The largest absolute Gasteiger partial charge is 0.508 e. The normalized spacial score (nSPS) is 18.3. The van der Waals surface area contributed by atoms with Gasteiger partial charge in [-0.15, -0.1) is 0 Å². The maximum absolute atomic E-state index is 13.0. The summed E-state index contributed by atoms with van der Waals surface area (Å²) in [6.45, 7) is 27.4. The van der Waals surface area contributed by atoms with Crippen molar-refractivity contribution >= 4 is 26.1 Å². The number of aromatic hydroxyl groups is 1. The second kappa shape index (κ2) is 32.5. The van der Waals surface area contributed by atoms with Crippen LogP contribution in [0.5, 0.6) is 23.0 Å². The van der Waals surface area contributed by atoms with Gasteiger partial charge in [-0.1, -0.05) is 85.4 Å². The zero-order valence-electron chi connectivity index (χ0n) is 52.1. The molecular weight excluding hydrogens is 1060 g/mol. The van der Waals surface area contributed by atoms with Gasteiger partial charge in [0.05, 0.1) is 34.0 Å². The van der Waals surface area contributed by atoms with Crippen LogP contribution in [0.1, 0.15) is 174 Å². The first-order valence-corrected chi connectivity index (χ1v) is 35.4. The predicted molar refractivity (Wildman–Crippen MR) is 345 cm³/mol. The molecule has 8 rings (SSSR count). The molecule has 82 heavy (non-hydrogen) atoms. The van der Waals surface area contributed by atoms with Gasteiger partial charge in [-0.05, 0) is 209 Å². The minimum atomic E-state index is -2.59. The Morgan fingerprint density at radius 3 is 1.39 bits per heavy atom. The molecule has 4 atom stereocenters. The van der Waals surface area contributed by atoms with E-state index < -0.39 is 14.7 Å². The number of ether oxygens (including phenoxy) is 3. The molecule has 460 valence electrons. The fourth-order valence-electron chi connectivity index (χ4n) is 11.9. The van der Waals surface area contributed by atoms with Crippen LogP contribution >= 0.6 is 14.7 Å². The van der Waals surface area contributed by atoms with Gasteiger partial charge in [-0.2, -0.15) is 0 Å². The molecule has 2 N–H and O–H groups in total. The fourth-order valence-corrected chi connectivity index (χ4v) is 15.6. The number of methoxy groups -OCH3 is 2. The van der Waals surface area contributed by atoms with Crippen molar-refractivity contribution in [2.45, 2.75) is 165 Å². The number of aliphatic hydroxyl groups excluding tert-OH is 1. The van der Waals surface area contributed by atoms with Crippen LogP contribution in [0.2, 0.25) is 0 Å². The topological polar surface area (TPSA) is 127 Å². The van der Waals surface area contributed by atoms with E-state index in [-0.39, 0.29) is 25.0 Å². The Morgan fingerprint density at radius 2 is 1.00 bits per heavy atom. The summed E-state index contributed by atoms with van der Waals surface area (Å²) in [5.41, 5.74) is 8.62. The maximum atomic E-state index is 13.0. The molecule has 11 nitrogen and oxygen atoms in total. The van der Waals surface area contributed by atoms with Crippen molar-refractivity contribution < 1.29 is 42.6 Å². The molecule has 0 spiro atoms. The van der Waals surface area contributed by atoms with Gasteiger partial charge in [-0.3, -0.25) is 9.13 Å². The van der Waals surface area contributed by atoms with E-state index >= 15 is 0 Å². The number of benzene rings is 4. The number of hydrogen-bond acceptors (Lipinski definition) is 11. The number of anilines is 2. The van der Waals surface area contributed by atoms with Gasteiger partial charge < -0.3 is 43.3 Å². The van der Waals surface area contributed by atoms with Crippen molar-refractivity contribution in [1.29, 1.82) is 0 Å². The molecule has 4 aromatic rings. The zero-order valence-corrected chi connectivity index (χ0v) is 53.8. The zero-order chi connectivity index (χ0) is 58.8. The Labute approximate surface area is 497 Å². The van der Waals surface area contributed by atoms with Crippen LogP contribution < -0.4 is 24.0 Å². The number of phenols is 1. The standard InChI is InChI=1S/C34H52NO4P.C20H33NO2.C14H21O3P.CH4/c1-7-39-40(6,36)25-32(27-13-14-27)29-10-8-12-31(22-29)38-24-26-17-20-35(21-18-26)33-23-30(37-5)16-15-28(33)11-9-19-34(2,3)4;1-20(2,3)11-5-6-17-7-8-18(23-4)14-19(17)21-12-9-16(15-22)10-13-21;1-3-17-18(2,16)10-14(11-7-8-11)12-5-4-6-13(15)9-12;/h8,10,12,15-16,22-23,26-27,32H,7,9,11,13-14,17-21,24-25H2,1-6H3;7-8,14,16,22H,5-6,9-13,15H2,1-4H3;4-6,9,11,14-15H,3,7-8,10H2,1-2H3;1H4/t32-,40?;;14-,18?;/m0.0./s1. The third kappa shape index (κ3) is 23.5. The number of aliphatic hydroxyl groups is 1. The van der Waals surface area contributed by atoms with Gasteiger partial charge in [0.25, 0.3) is 0 Å². The Kier molecular flexibility index (Phi) is 27.3. The second-order valence-corrected chi connectivity index (χ2v) is 31.8. The summed E-state index contributed by atoms with van der Waals surface area (Å²) in [7, 11) is -1.63. The van der Waals surface area contributed by atoms with E-state index in [9.17, 15) is 19.3 Å². The molecule has 4 fully saturated rings. The first kappa shape index (κ1) is 68.8. The lowest BCUT2D eigenvalue weighted by molar-refractivity contribution is 0.203. The SMILES string of the molecule is C.CCOP(C)(=O)C[C@H](c1cccc(O)c1)C1CC1.CCOP(C)(=O)C[C@H](c1cccc(OCC2CCN(c3cc(OC)ccc3CCCC(C)(C)C)CC2)c1)C1CC1.COc1ccc(CCCC(C)(C)C)c(N2CCC(CO)CC2)c1. The third-order valence-corrected chi connectivity index (χ3v) is 20.5. The first-order chi connectivity index (χ1) is 38.5. The van der Waals surface area contributed by atoms with Crippen LogP contribution in [0, 0.1) is 34.5 Å². The van der Waals surface area contributed by atoms with Gasteiger partial charge in [-0.25, -0.2) is 0 Å². The van der Waals surface area contributed by atoms with Crippen LogP contribution in [0.4, 0.5) is 11.4 Å². The molecule has 0 amide bonds. The molecule has 2 aliphatic carbocycles.